The summed E-state index contributed by atoms with van der Waals surface area (Å²) in [5.74, 6) is -0.880. The number of anilines is 1. The molecule has 19 heavy (non-hydrogen) atoms. The van der Waals surface area contributed by atoms with E-state index < -0.39 is 23.4 Å². The van der Waals surface area contributed by atoms with Crippen LogP contribution in [0.5, 0.6) is 5.75 Å². The van der Waals surface area contributed by atoms with Crippen molar-refractivity contribution < 1.29 is 23.1 Å². The van der Waals surface area contributed by atoms with Crippen LogP contribution >= 0.6 is 0 Å². The Kier molecular flexibility index (Phi) is 3.66. The largest absolute Gasteiger partial charge is 0.506 e. The lowest BCUT2D eigenvalue weighted by atomic mass is 10.2. The fraction of sp³-hybridized carbons (Fsp3) is 0.417. The molecule has 104 valence electrons. The van der Waals surface area contributed by atoms with Crippen LogP contribution in [0.15, 0.2) is 18.2 Å². The molecule has 2 rings (SSSR count). The molecule has 1 fully saturated rings. The fourth-order valence-corrected chi connectivity index (χ4v) is 1.53. The van der Waals surface area contributed by atoms with Gasteiger partial charge in [-0.05, 0) is 31.0 Å². The smallest absolute Gasteiger partial charge is 0.416 e. The molecule has 1 aliphatic rings. The Morgan fingerprint density at radius 1 is 1.37 bits per heavy atom. The van der Waals surface area contributed by atoms with Crippen LogP contribution in [0.25, 0.3) is 0 Å². The number of nitrogens with one attached hydrogen (secondary N) is 2. The second kappa shape index (κ2) is 5.08. The maximum absolute atomic E-state index is 12.5. The molecule has 0 bridgehead atoms. The van der Waals surface area contributed by atoms with E-state index in [2.05, 4.69) is 10.6 Å². The second-order valence-electron chi connectivity index (χ2n) is 4.43. The van der Waals surface area contributed by atoms with Crippen LogP contribution in [-0.2, 0) is 11.0 Å². The molecule has 3 N–H and O–H groups in total. The van der Waals surface area contributed by atoms with E-state index in [4.69, 9.17) is 0 Å². The normalized spacial score (nSPS) is 15.3. The molecule has 0 saturated heterocycles. The average Bonchev–Trinajstić information content (AvgIpc) is 3.12. The third-order valence-corrected chi connectivity index (χ3v) is 2.73. The molecular formula is C12H13F3N2O2. The maximum Gasteiger partial charge on any atom is 0.416 e. The van der Waals surface area contributed by atoms with Crippen LogP contribution < -0.4 is 10.6 Å². The molecule has 0 aliphatic heterocycles. The monoisotopic (exact) mass is 274 g/mol. The highest BCUT2D eigenvalue weighted by Crippen LogP contribution is 2.34. The van der Waals surface area contributed by atoms with Gasteiger partial charge in [-0.2, -0.15) is 13.2 Å². The summed E-state index contributed by atoms with van der Waals surface area (Å²) in [7, 11) is 0. The summed E-state index contributed by atoms with van der Waals surface area (Å²) in [6.07, 6.45) is -2.51. The van der Waals surface area contributed by atoms with Crippen molar-refractivity contribution in [3.05, 3.63) is 23.8 Å². The number of benzene rings is 1. The topological polar surface area (TPSA) is 61.4 Å². The van der Waals surface area contributed by atoms with E-state index >= 15 is 0 Å². The molecular weight excluding hydrogens is 261 g/mol. The number of rotatable bonds is 4. The van der Waals surface area contributed by atoms with E-state index in [1.165, 1.54) is 0 Å². The minimum absolute atomic E-state index is 0.0142. The lowest BCUT2D eigenvalue weighted by Crippen LogP contribution is -2.29. The number of amides is 1. The number of alkyl halides is 3. The Balaban J connectivity index is 2.03. The Labute approximate surface area is 107 Å². The van der Waals surface area contributed by atoms with Gasteiger partial charge in [0.15, 0.2) is 0 Å². The summed E-state index contributed by atoms with van der Waals surface area (Å²) in [4.78, 5) is 11.5. The molecule has 4 nitrogen and oxygen atoms in total. The fourth-order valence-electron chi connectivity index (χ4n) is 1.53. The number of phenolic OH excluding ortho intramolecular Hbond substituents is 1. The van der Waals surface area contributed by atoms with Gasteiger partial charge in [-0.15, -0.1) is 0 Å². The molecule has 1 amide bonds. The SMILES string of the molecule is O=C(CNC1CC1)Nc1cc(C(F)(F)F)ccc1O. The predicted molar refractivity (Wildman–Crippen MR) is 62.8 cm³/mol. The van der Waals surface area contributed by atoms with Gasteiger partial charge in [-0.3, -0.25) is 4.79 Å². The third-order valence-electron chi connectivity index (χ3n) is 2.73. The molecule has 0 unspecified atom stereocenters. The number of hydrogen-bond acceptors (Lipinski definition) is 3. The van der Waals surface area contributed by atoms with Gasteiger partial charge >= 0.3 is 6.18 Å². The number of carbonyl (C=O) groups is 1. The van der Waals surface area contributed by atoms with Crippen molar-refractivity contribution in [2.24, 2.45) is 0 Å². The molecule has 1 aromatic carbocycles. The number of carbonyl (C=O) groups excluding carboxylic acids is 1. The van der Waals surface area contributed by atoms with Crippen LogP contribution in [-0.4, -0.2) is 23.6 Å². The number of hydrogen-bond donors (Lipinski definition) is 3. The van der Waals surface area contributed by atoms with Crippen molar-refractivity contribution in [2.75, 3.05) is 11.9 Å². The summed E-state index contributed by atoms with van der Waals surface area (Å²) < 4.78 is 37.5. The van der Waals surface area contributed by atoms with Crippen LogP contribution in [0, 0.1) is 0 Å². The van der Waals surface area contributed by atoms with Crippen molar-refractivity contribution in [2.45, 2.75) is 25.1 Å². The summed E-state index contributed by atoms with van der Waals surface area (Å²) >= 11 is 0. The first-order valence-corrected chi connectivity index (χ1v) is 5.79. The van der Waals surface area contributed by atoms with Gasteiger partial charge in [0.25, 0.3) is 0 Å². The van der Waals surface area contributed by atoms with E-state index in [1.54, 1.807) is 0 Å². The van der Waals surface area contributed by atoms with Crippen molar-refractivity contribution in [3.8, 4) is 5.75 Å². The van der Waals surface area contributed by atoms with Crippen molar-refractivity contribution >= 4 is 11.6 Å². The first kappa shape index (κ1) is 13.7. The molecule has 0 spiro atoms. The standard InChI is InChI=1S/C12H13F3N2O2/c13-12(14,15)7-1-4-10(18)9(5-7)17-11(19)6-16-8-2-3-8/h1,4-5,8,16,18H,2-3,6H2,(H,17,19). The Morgan fingerprint density at radius 2 is 2.05 bits per heavy atom. The summed E-state index contributed by atoms with van der Waals surface area (Å²) in [5.41, 5.74) is -1.16. The predicted octanol–water partition coefficient (Wildman–Crippen LogP) is 2.10. The number of halogens is 3. The first-order chi connectivity index (χ1) is 8.86. The number of phenols is 1. The molecule has 1 aliphatic carbocycles. The van der Waals surface area contributed by atoms with Gasteiger partial charge in [0, 0.05) is 6.04 Å². The average molecular weight is 274 g/mol. The van der Waals surface area contributed by atoms with Crippen molar-refractivity contribution in [3.63, 3.8) is 0 Å². The molecule has 7 heteroatoms. The highest BCUT2D eigenvalue weighted by molar-refractivity contribution is 5.93. The zero-order chi connectivity index (χ0) is 14.0. The zero-order valence-corrected chi connectivity index (χ0v) is 9.92. The number of aromatic hydroxyl groups is 1. The highest BCUT2D eigenvalue weighted by atomic mass is 19.4. The van der Waals surface area contributed by atoms with Gasteiger partial charge in [0.05, 0.1) is 17.8 Å². The molecule has 1 saturated carbocycles. The summed E-state index contributed by atoms with van der Waals surface area (Å²) in [6.45, 7) is 0.0142. The molecule has 0 atom stereocenters. The van der Waals surface area contributed by atoms with Crippen LogP contribution in [0.4, 0.5) is 18.9 Å². The van der Waals surface area contributed by atoms with Crippen molar-refractivity contribution in [1.82, 2.24) is 5.32 Å². The van der Waals surface area contributed by atoms with Crippen molar-refractivity contribution in [1.29, 1.82) is 0 Å². The third kappa shape index (κ3) is 3.85. The van der Waals surface area contributed by atoms with Gasteiger partial charge in [0.2, 0.25) is 5.91 Å². The lowest BCUT2D eigenvalue weighted by Gasteiger charge is -2.11. The lowest BCUT2D eigenvalue weighted by molar-refractivity contribution is -0.137. The Morgan fingerprint density at radius 3 is 2.63 bits per heavy atom. The van der Waals surface area contributed by atoms with Gasteiger partial charge < -0.3 is 15.7 Å². The minimum Gasteiger partial charge on any atom is -0.506 e. The molecule has 0 heterocycles. The van der Waals surface area contributed by atoms with Crippen LogP contribution in [0.2, 0.25) is 0 Å². The maximum atomic E-state index is 12.5. The quantitative estimate of drug-likeness (QED) is 0.737. The summed E-state index contributed by atoms with van der Waals surface area (Å²) in [5, 5.41) is 14.6. The van der Waals surface area contributed by atoms with E-state index in [0.717, 1.165) is 25.0 Å². The van der Waals surface area contributed by atoms with Gasteiger partial charge in [0.1, 0.15) is 5.75 Å². The highest BCUT2D eigenvalue weighted by Gasteiger charge is 2.31. The van der Waals surface area contributed by atoms with Gasteiger partial charge in [-0.1, -0.05) is 0 Å². The van der Waals surface area contributed by atoms with Crippen LogP contribution in [0.1, 0.15) is 18.4 Å². The Hall–Kier alpha value is -1.76. The van der Waals surface area contributed by atoms with E-state index in [1.807, 2.05) is 0 Å². The van der Waals surface area contributed by atoms with E-state index in [0.29, 0.717) is 12.1 Å². The molecule has 0 aromatic heterocycles. The zero-order valence-electron chi connectivity index (χ0n) is 9.92. The molecule has 1 aromatic rings. The summed E-state index contributed by atoms with van der Waals surface area (Å²) in [6, 6.07) is 2.70. The van der Waals surface area contributed by atoms with E-state index in [-0.39, 0.29) is 12.2 Å². The Bertz CT molecular complexity index is 484. The van der Waals surface area contributed by atoms with Gasteiger partial charge in [-0.25, -0.2) is 0 Å². The minimum atomic E-state index is -4.51. The van der Waals surface area contributed by atoms with E-state index in [9.17, 15) is 23.1 Å². The first-order valence-electron chi connectivity index (χ1n) is 5.79. The molecule has 0 radical (unpaired) electrons. The second-order valence-corrected chi connectivity index (χ2v) is 4.43. The van der Waals surface area contributed by atoms with Crippen LogP contribution in [0.3, 0.4) is 0 Å².